The minimum atomic E-state index is -0.130. The number of imidazole rings is 1. The standard InChI is InChI=1S/C21H18N2O2.C20H20N2O/c24-21-22-20-18(23(21)14-16-8-3-1-4-9-16)12-7-13-19(20)25-15-17-10-5-2-6-11-17;21-20-18(22-14-16-8-3-1-4-9-16)12-7-13-19(20)23-15-17-10-5-2-6-11-17/h1-13H,14-15H2,(H,22,24);1-13,22H,14-15,21H2. The van der Waals surface area contributed by atoms with Crippen molar-refractivity contribution in [1.82, 2.24) is 9.55 Å². The fraction of sp³-hybridized carbons (Fsp3) is 0.0976. The first-order chi connectivity index (χ1) is 23.6. The van der Waals surface area contributed by atoms with E-state index in [2.05, 4.69) is 22.4 Å². The van der Waals surface area contributed by atoms with Crippen LogP contribution in [0.5, 0.6) is 11.5 Å². The number of aromatic nitrogens is 2. The van der Waals surface area contributed by atoms with Crippen LogP contribution in [0.25, 0.3) is 11.0 Å². The second-order valence-electron chi connectivity index (χ2n) is 11.3. The molecule has 0 atom stereocenters. The lowest BCUT2D eigenvalue weighted by Gasteiger charge is -2.14. The molecule has 7 rings (SSSR count). The lowest BCUT2D eigenvalue weighted by Crippen LogP contribution is -2.17. The van der Waals surface area contributed by atoms with E-state index in [0.29, 0.717) is 36.9 Å². The first kappa shape index (κ1) is 31.8. The van der Waals surface area contributed by atoms with E-state index in [1.165, 1.54) is 5.56 Å². The highest BCUT2D eigenvalue weighted by Crippen LogP contribution is 2.30. The van der Waals surface area contributed by atoms with Crippen molar-refractivity contribution >= 4 is 22.4 Å². The largest absolute Gasteiger partial charge is 0.487 e. The Hall–Kier alpha value is -6.21. The highest BCUT2D eigenvalue weighted by Gasteiger charge is 2.12. The van der Waals surface area contributed by atoms with Crippen molar-refractivity contribution in [3.63, 3.8) is 0 Å². The van der Waals surface area contributed by atoms with Gasteiger partial charge in [-0.25, -0.2) is 4.79 Å². The van der Waals surface area contributed by atoms with Gasteiger partial charge in [-0.15, -0.1) is 0 Å². The highest BCUT2D eigenvalue weighted by molar-refractivity contribution is 5.82. The molecule has 4 N–H and O–H groups in total. The maximum absolute atomic E-state index is 12.4. The number of ether oxygens (including phenoxy) is 2. The van der Waals surface area contributed by atoms with Gasteiger partial charge in [-0.3, -0.25) is 4.57 Å². The van der Waals surface area contributed by atoms with Crippen molar-refractivity contribution in [3.8, 4) is 11.5 Å². The normalized spacial score (nSPS) is 10.6. The second kappa shape index (κ2) is 15.9. The number of para-hydroxylation sites is 2. The molecule has 0 bridgehead atoms. The van der Waals surface area contributed by atoms with E-state index in [0.717, 1.165) is 40.0 Å². The number of H-pyrrole nitrogens is 1. The minimum Gasteiger partial charge on any atom is -0.487 e. The van der Waals surface area contributed by atoms with Gasteiger partial charge in [0.05, 0.1) is 23.4 Å². The number of anilines is 2. The molecule has 1 aromatic heterocycles. The van der Waals surface area contributed by atoms with Crippen molar-refractivity contribution in [1.29, 1.82) is 0 Å². The lowest BCUT2D eigenvalue weighted by molar-refractivity contribution is 0.308. The molecule has 48 heavy (non-hydrogen) atoms. The molecule has 0 saturated heterocycles. The number of nitrogen functional groups attached to an aromatic ring is 1. The van der Waals surface area contributed by atoms with Gasteiger partial charge in [0.15, 0.2) is 0 Å². The monoisotopic (exact) mass is 634 g/mol. The van der Waals surface area contributed by atoms with Gasteiger partial charge in [-0.1, -0.05) is 133 Å². The van der Waals surface area contributed by atoms with Gasteiger partial charge >= 0.3 is 5.69 Å². The molecule has 7 heteroatoms. The van der Waals surface area contributed by atoms with Gasteiger partial charge in [-0.2, -0.15) is 0 Å². The maximum Gasteiger partial charge on any atom is 0.326 e. The smallest absolute Gasteiger partial charge is 0.326 e. The lowest BCUT2D eigenvalue weighted by atomic mass is 10.2. The van der Waals surface area contributed by atoms with Gasteiger partial charge < -0.3 is 25.5 Å². The number of aromatic amines is 1. The molecule has 0 fully saturated rings. The van der Waals surface area contributed by atoms with Crippen molar-refractivity contribution in [2.24, 2.45) is 0 Å². The zero-order chi connectivity index (χ0) is 33.0. The Morgan fingerprint density at radius 3 is 1.67 bits per heavy atom. The first-order valence-corrected chi connectivity index (χ1v) is 15.9. The summed E-state index contributed by atoms with van der Waals surface area (Å²) in [5.41, 5.74) is 13.7. The maximum atomic E-state index is 12.4. The predicted molar refractivity (Wildman–Crippen MR) is 194 cm³/mol. The van der Waals surface area contributed by atoms with E-state index in [1.54, 1.807) is 4.57 Å². The average molecular weight is 635 g/mol. The summed E-state index contributed by atoms with van der Waals surface area (Å²) in [6.45, 7) is 2.23. The third kappa shape index (κ3) is 8.33. The third-order valence-electron chi connectivity index (χ3n) is 7.82. The Balaban J connectivity index is 0.000000168. The van der Waals surface area contributed by atoms with Crippen LogP contribution in [0.2, 0.25) is 0 Å². The van der Waals surface area contributed by atoms with Crippen LogP contribution in [0.3, 0.4) is 0 Å². The van der Waals surface area contributed by atoms with E-state index in [9.17, 15) is 4.79 Å². The molecular weight excluding hydrogens is 596 g/mol. The number of hydrogen-bond donors (Lipinski definition) is 3. The summed E-state index contributed by atoms with van der Waals surface area (Å²) in [6.07, 6.45) is 0. The van der Waals surface area contributed by atoms with Crippen LogP contribution in [0.1, 0.15) is 22.3 Å². The number of nitrogens with zero attached hydrogens (tertiary/aromatic N) is 1. The molecule has 7 nitrogen and oxygen atoms in total. The van der Waals surface area contributed by atoms with Crippen LogP contribution in [0.15, 0.2) is 163 Å². The molecule has 7 aromatic rings. The molecule has 0 unspecified atom stereocenters. The molecule has 0 saturated carbocycles. The Kier molecular flexibility index (Phi) is 10.5. The highest BCUT2D eigenvalue weighted by atomic mass is 16.5. The molecule has 240 valence electrons. The summed E-state index contributed by atoms with van der Waals surface area (Å²) in [5, 5.41) is 3.36. The molecule has 0 aliphatic rings. The van der Waals surface area contributed by atoms with Crippen molar-refractivity contribution in [3.05, 3.63) is 190 Å². The fourth-order valence-corrected chi connectivity index (χ4v) is 5.29. The summed E-state index contributed by atoms with van der Waals surface area (Å²) >= 11 is 0. The number of hydrogen-bond acceptors (Lipinski definition) is 5. The number of nitrogens with one attached hydrogen (secondary N) is 2. The summed E-state index contributed by atoms with van der Waals surface area (Å²) in [5.74, 6) is 1.39. The van der Waals surface area contributed by atoms with E-state index in [4.69, 9.17) is 15.2 Å². The SMILES string of the molecule is Nc1c(NCc2ccccc2)cccc1OCc1ccccc1.O=c1[nH]c2c(OCc3ccccc3)cccc2n1Cc1ccccc1. The molecular formula is C41H38N4O3. The van der Waals surface area contributed by atoms with Gasteiger partial charge in [0.25, 0.3) is 0 Å². The molecule has 1 heterocycles. The quantitative estimate of drug-likeness (QED) is 0.124. The summed E-state index contributed by atoms with van der Waals surface area (Å²) in [4.78, 5) is 15.4. The van der Waals surface area contributed by atoms with Crippen LogP contribution >= 0.6 is 0 Å². The van der Waals surface area contributed by atoms with Gasteiger partial charge in [0.2, 0.25) is 0 Å². The molecule has 0 radical (unpaired) electrons. The van der Waals surface area contributed by atoms with Gasteiger partial charge in [-0.05, 0) is 46.5 Å². The minimum absolute atomic E-state index is 0.130. The van der Waals surface area contributed by atoms with Crippen LogP contribution in [-0.2, 0) is 26.3 Å². The van der Waals surface area contributed by atoms with E-state index < -0.39 is 0 Å². The van der Waals surface area contributed by atoms with Crippen molar-refractivity contribution in [2.45, 2.75) is 26.3 Å². The summed E-state index contributed by atoms with van der Waals surface area (Å²) in [6, 6.07) is 51.8. The molecule has 0 aliphatic heterocycles. The number of benzene rings is 6. The Bertz CT molecular complexity index is 2020. The zero-order valence-corrected chi connectivity index (χ0v) is 26.6. The van der Waals surface area contributed by atoms with Gasteiger partial charge in [0, 0.05) is 6.54 Å². The van der Waals surface area contributed by atoms with E-state index in [-0.39, 0.29) is 5.69 Å². The van der Waals surface area contributed by atoms with Crippen molar-refractivity contribution in [2.75, 3.05) is 11.1 Å². The average Bonchev–Trinajstić information content (AvgIpc) is 3.46. The van der Waals surface area contributed by atoms with Crippen LogP contribution in [0, 0.1) is 0 Å². The Labute approximate surface area is 280 Å². The van der Waals surface area contributed by atoms with Crippen LogP contribution in [-0.4, -0.2) is 9.55 Å². The van der Waals surface area contributed by atoms with E-state index >= 15 is 0 Å². The number of nitrogens with two attached hydrogens (primary N) is 1. The molecule has 0 spiro atoms. The zero-order valence-electron chi connectivity index (χ0n) is 26.6. The second-order valence-corrected chi connectivity index (χ2v) is 11.3. The molecule has 0 amide bonds. The first-order valence-electron chi connectivity index (χ1n) is 15.9. The fourth-order valence-electron chi connectivity index (χ4n) is 5.29. The molecule has 6 aromatic carbocycles. The van der Waals surface area contributed by atoms with Crippen LogP contribution in [0.4, 0.5) is 11.4 Å². The Morgan fingerprint density at radius 1 is 0.562 bits per heavy atom. The predicted octanol–water partition coefficient (Wildman–Crippen LogP) is 8.42. The summed E-state index contributed by atoms with van der Waals surface area (Å²) < 4.78 is 13.5. The Morgan fingerprint density at radius 2 is 1.06 bits per heavy atom. The summed E-state index contributed by atoms with van der Waals surface area (Å²) in [7, 11) is 0. The number of fused-ring (bicyclic) bond motifs is 1. The topological polar surface area (TPSA) is 94.3 Å². The van der Waals surface area contributed by atoms with Gasteiger partial charge in [0.1, 0.15) is 30.2 Å². The van der Waals surface area contributed by atoms with Crippen molar-refractivity contribution < 1.29 is 9.47 Å². The number of rotatable bonds is 11. The molecule has 0 aliphatic carbocycles. The van der Waals surface area contributed by atoms with E-state index in [1.807, 2.05) is 146 Å². The third-order valence-corrected chi connectivity index (χ3v) is 7.82. The van der Waals surface area contributed by atoms with Crippen LogP contribution < -0.4 is 26.2 Å².